The van der Waals surface area contributed by atoms with Crippen molar-refractivity contribution in [2.45, 2.75) is 18.5 Å². The zero-order chi connectivity index (χ0) is 24.2. The van der Waals surface area contributed by atoms with E-state index in [1.165, 1.54) is 24.3 Å². The lowest BCUT2D eigenvalue weighted by molar-refractivity contribution is -0.290. The Hall–Kier alpha value is -3.60. The number of benzene rings is 2. The average molecular weight is 482 g/mol. The third kappa shape index (κ3) is 5.80. The van der Waals surface area contributed by atoms with Gasteiger partial charge in [0.1, 0.15) is 10.7 Å². The van der Waals surface area contributed by atoms with Crippen molar-refractivity contribution in [3.8, 4) is 0 Å². The van der Waals surface area contributed by atoms with Crippen LogP contribution in [0.25, 0.3) is 12.2 Å². The number of hydrogen-bond acceptors (Lipinski definition) is 4. The van der Waals surface area contributed by atoms with Gasteiger partial charge in [-0.3, -0.25) is 4.79 Å². The zero-order valence-electron chi connectivity index (χ0n) is 16.6. The molecule has 1 aromatic heterocycles. The molecule has 33 heavy (non-hydrogen) atoms. The van der Waals surface area contributed by atoms with Crippen LogP contribution >= 0.6 is 11.3 Å². The summed E-state index contributed by atoms with van der Waals surface area (Å²) in [6.45, 7) is 0. The van der Waals surface area contributed by atoms with Crippen LogP contribution in [0.5, 0.6) is 0 Å². The molecule has 0 unspecified atom stereocenters. The highest BCUT2D eigenvalue weighted by Gasteiger charge is 2.60. The molecule has 3 aromatic rings. The molecule has 1 heterocycles. The predicted octanol–water partition coefficient (Wildman–Crippen LogP) is 5.85. The van der Waals surface area contributed by atoms with Gasteiger partial charge in [-0.25, -0.2) is 9.78 Å². The summed E-state index contributed by atoms with van der Waals surface area (Å²) in [5.41, 5.74) is -0.101. The summed E-state index contributed by atoms with van der Waals surface area (Å²) in [5, 5.41) is 12.4. The molecular formula is C22H15F5N2O3S. The molecule has 0 fully saturated rings. The van der Waals surface area contributed by atoms with E-state index in [1.54, 1.807) is 36.4 Å². The topological polar surface area (TPSA) is 79.3 Å². The summed E-state index contributed by atoms with van der Waals surface area (Å²) < 4.78 is 64.1. The maximum Gasteiger partial charge on any atom is 0.459 e. The second-order valence-electron chi connectivity index (χ2n) is 6.79. The number of anilines is 1. The van der Waals surface area contributed by atoms with Crippen molar-refractivity contribution in [1.82, 2.24) is 4.98 Å². The predicted molar refractivity (Wildman–Crippen MR) is 113 cm³/mol. The standard InChI is InChI=1S/C22H15F5N2O3S/c23-21(24,22(25,26)27)17-12-33-19(29-17)9-8-13-4-3-6-15(10-13)28-18(30)11-14-5-1-2-7-16(14)20(31)32/h1-10,12H,11H2,(H,28,30)(H,31,32)/b9-8+. The number of aromatic nitrogens is 1. The fourth-order valence-electron chi connectivity index (χ4n) is 2.80. The number of hydrogen-bond donors (Lipinski definition) is 2. The summed E-state index contributed by atoms with van der Waals surface area (Å²) in [5.74, 6) is -6.65. The Labute approximate surface area is 188 Å². The van der Waals surface area contributed by atoms with Gasteiger partial charge in [0.15, 0.2) is 0 Å². The smallest absolute Gasteiger partial charge is 0.459 e. The number of halogens is 5. The Morgan fingerprint density at radius 3 is 2.45 bits per heavy atom. The highest BCUT2D eigenvalue weighted by molar-refractivity contribution is 7.10. The van der Waals surface area contributed by atoms with Crippen LogP contribution in [-0.4, -0.2) is 28.1 Å². The van der Waals surface area contributed by atoms with Crippen molar-refractivity contribution in [1.29, 1.82) is 0 Å². The molecule has 0 saturated carbocycles. The molecule has 172 valence electrons. The van der Waals surface area contributed by atoms with Gasteiger partial charge in [-0.2, -0.15) is 22.0 Å². The molecule has 2 N–H and O–H groups in total. The Kier molecular flexibility index (Phi) is 6.92. The van der Waals surface area contributed by atoms with E-state index in [2.05, 4.69) is 10.3 Å². The molecule has 0 aliphatic rings. The number of carboxylic acid groups (broad SMARTS) is 1. The number of thiazole rings is 1. The van der Waals surface area contributed by atoms with Crippen molar-refractivity contribution < 1.29 is 36.6 Å². The van der Waals surface area contributed by atoms with Crippen molar-refractivity contribution in [3.63, 3.8) is 0 Å². The van der Waals surface area contributed by atoms with E-state index in [0.717, 1.165) is 0 Å². The monoisotopic (exact) mass is 482 g/mol. The highest BCUT2D eigenvalue weighted by atomic mass is 32.1. The van der Waals surface area contributed by atoms with E-state index >= 15 is 0 Å². The first-order valence-electron chi connectivity index (χ1n) is 9.27. The molecule has 0 atom stereocenters. The summed E-state index contributed by atoms with van der Waals surface area (Å²) >= 11 is 0.636. The number of rotatable bonds is 7. The van der Waals surface area contributed by atoms with Crippen molar-refractivity contribution in [2.24, 2.45) is 0 Å². The molecule has 0 saturated heterocycles. The van der Waals surface area contributed by atoms with Crippen LogP contribution in [0.15, 0.2) is 53.9 Å². The molecule has 1 amide bonds. The van der Waals surface area contributed by atoms with Crippen molar-refractivity contribution in [2.75, 3.05) is 5.32 Å². The maximum atomic E-state index is 13.4. The van der Waals surface area contributed by atoms with Crippen LogP contribution in [0.2, 0.25) is 0 Å². The number of amides is 1. The number of alkyl halides is 5. The van der Waals surface area contributed by atoms with Crippen molar-refractivity contribution >= 4 is 41.1 Å². The molecule has 5 nitrogen and oxygen atoms in total. The minimum Gasteiger partial charge on any atom is -0.478 e. The maximum absolute atomic E-state index is 13.4. The van der Waals surface area contributed by atoms with E-state index in [-0.39, 0.29) is 17.0 Å². The van der Waals surface area contributed by atoms with Crippen LogP contribution in [0.1, 0.15) is 32.2 Å². The van der Waals surface area contributed by atoms with Crippen LogP contribution in [0.4, 0.5) is 27.6 Å². The third-order valence-corrected chi connectivity index (χ3v) is 5.20. The fraction of sp³-hybridized carbons (Fsp3) is 0.136. The van der Waals surface area contributed by atoms with Crippen LogP contribution < -0.4 is 5.32 Å². The fourth-order valence-corrected chi connectivity index (χ4v) is 3.53. The summed E-state index contributed by atoms with van der Waals surface area (Å²) in [4.78, 5) is 26.9. The normalized spacial score (nSPS) is 12.2. The minimum atomic E-state index is -5.74. The largest absolute Gasteiger partial charge is 0.478 e. The van der Waals surface area contributed by atoms with Gasteiger partial charge in [0.2, 0.25) is 5.91 Å². The summed E-state index contributed by atoms with van der Waals surface area (Å²) in [7, 11) is 0. The van der Waals surface area contributed by atoms with E-state index in [4.69, 9.17) is 0 Å². The second-order valence-corrected chi connectivity index (χ2v) is 7.68. The van der Waals surface area contributed by atoms with Gasteiger partial charge in [0.05, 0.1) is 12.0 Å². The number of nitrogens with one attached hydrogen (secondary N) is 1. The molecular weight excluding hydrogens is 467 g/mol. The number of aromatic carboxylic acids is 1. The first-order valence-corrected chi connectivity index (χ1v) is 10.1. The van der Waals surface area contributed by atoms with E-state index in [1.807, 2.05) is 0 Å². The van der Waals surface area contributed by atoms with Crippen LogP contribution in [0, 0.1) is 0 Å². The Balaban J connectivity index is 1.69. The quantitative estimate of drug-likeness (QED) is 0.415. The Morgan fingerprint density at radius 2 is 1.76 bits per heavy atom. The molecule has 0 aliphatic carbocycles. The first kappa shape index (κ1) is 24.1. The van der Waals surface area contributed by atoms with Gasteiger partial charge >= 0.3 is 18.1 Å². The first-order chi connectivity index (χ1) is 15.5. The average Bonchev–Trinajstić information content (AvgIpc) is 3.22. The Morgan fingerprint density at radius 1 is 1.03 bits per heavy atom. The second kappa shape index (κ2) is 9.49. The SMILES string of the molecule is O=C(Cc1ccccc1C(=O)O)Nc1cccc(/C=C/c2nc(C(F)(F)C(F)(F)F)cs2)c1. The minimum absolute atomic E-state index is 0.0169. The van der Waals surface area contributed by atoms with Gasteiger partial charge in [0.25, 0.3) is 0 Å². The van der Waals surface area contributed by atoms with Gasteiger partial charge < -0.3 is 10.4 Å². The number of nitrogens with zero attached hydrogens (tertiary/aromatic N) is 1. The van der Waals surface area contributed by atoms with Crippen molar-refractivity contribution in [3.05, 3.63) is 81.3 Å². The molecule has 0 aliphatic heterocycles. The number of carboxylic acids is 1. The van der Waals surface area contributed by atoms with E-state index < -0.39 is 29.7 Å². The summed E-state index contributed by atoms with van der Waals surface area (Å²) in [6, 6.07) is 12.5. The van der Waals surface area contributed by atoms with Crippen LogP contribution in [-0.2, 0) is 17.1 Å². The number of carbonyl (C=O) groups is 2. The molecule has 11 heteroatoms. The lowest BCUT2D eigenvalue weighted by Gasteiger charge is -2.16. The van der Waals surface area contributed by atoms with E-state index in [9.17, 15) is 36.6 Å². The van der Waals surface area contributed by atoms with Gasteiger partial charge in [-0.1, -0.05) is 36.4 Å². The number of carbonyl (C=O) groups excluding carboxylic acids is 1. The Bertz CT molecular complexity index is 1200. The third-order valence-electron chi connectivity index (χ3n) is 4.39. The zero-order valence-corrected chi connectivity index (χ0v) is 17.4. The highest BCUT2D eigenvalue weighted by Crippen LogP contribution is 2.43. The van der Waals surface area contributed by atoms with Gasteiger partial charge in [0, 0.05) is 11.1 Å². The lowest BCUT2D eigenvalue weighted by atomic mass is 10.0. The van der Waals surface area contributed by atoms with E-state index in [0.29, 0.717) is 33.5 Å². The lowest BCUT2D eigenvalue weighted by Crippen LogP contribution is -2.33. The van der Waals surface area contributed by atoms with Gasteiger partial charge in [-0.15, -0.1) is 11.3 Å². The molecule has 0 spiro atoms. The van der Waals surface area contributed by atoms with Crippen LogP contribution in [0.3, 0.4) is 0 Å². The molecule has 2 aromatic carbocycles. The molecule has 0 radical (unpaired) electrons. The van der Waals surface area contributed by atoms with Gasteiger partial charge in [-0.05, 0) is 35.4 Å². The summed E-state index contributed by atoms with van der Waals surface area (Å²) in [6.07, 6.45) is -3.17. The molecule has 0 bridgehead atoms. The molecule has 3 rings (SSSR count).